The first-order chi connectivity index (χ1) is 4.36. The molecule has 1 aliphatic rings. The lowest BCUT2D eigenvalue weighted by Gasteiger charge is -2.34. The molecule has 0 aromatic heterocycles. The molecule has 0 bridgehead atoms. The summed E-state index contributed by atoms with van der Waals surface area (Å²) in [6, 6.07) is 0. The molecule has 57 valence electrons. The SMILES string of the molecule is CC1(C)[C]=CC(C)(C)N1O. The Balaban J connectivity index is 2.88. The van der Waals surface area contributed by atoms with Gasteiger partial charge in [0, 0.05) is 0 Å². The standard InChI is InChI=1S/C8H14NO/c1-7(2)5-6-8(3,4)9(7)10/h5,10H,1-4H3. The zero-order valence-corrected chi connectivity index (χ0v) is 6.97. The summed E-state index contributed by atoms with van der Waals surface area (Å²) in [5.74, 6) is 0. The molecule has 0 atom stereocenters. The number of hydrogen-bond donors (Lipinski definition) is 1. The highest BCUT2D eigenvalue weighted by Crippen LogP contribution is 2.30. The van der Waals surface area contributed by atoms with Crippen molar-refractivity contribution in [3.8, 4) is 0 Å². The van der Waals surface area contributed by atoms with E-state index in [0.29, 0.717) is 0 Å². The maximum absolute atomic E-state index is 9.52. The van der Waals surface area contributed by atoms with Gasteiger partial charge in [0.15, 0.2) is 0 Å². The molecule has 1 aliphatic heterocycles. The molecule has 10 heavy (non-hydrogen) atoms. The number of hydrogen-bond acceptors (Lipinski definition) is 2. The van der Waals surface area contributed by atoms with Gasteiger partial charge in [0.25, 0.3) is 0 Å². The average molecular weight is 140 g/mol. The molecule has 0 unspecified atom stereocenters. The van der Waals surface area contributed by atoms with Gasteiger partial charge < -0.3 is 5.21 Å². The van der Waals surface area contributed by atoms with Gasteiger partial charge in [-0.2, -0.15) is 5.06 Å². The quantitative estimate of drug-likeness (QED) is 0.552. The predicted octanol–water partition coefficient (Wildman–Crippen LogP) is 1.61. The third kappa shape index (κ3) is 0.976. The van der Waals surface area contributed by atoms with Crippen molar-refractivity contribution in [2.45, 2.75) is 38.8 Å². The van der Waals surface area contributed by atoms with Gasteiger partial charge in [-0.3, -0.25) is 0 Å². The van der Waals surface area contributed by atoms with Crippen molar-refractivity contribution in [3.63, 3.8) is 0 Å². The van der Waals surface area contributed by atoms with Crippen LogP contribution < -0.4 is 0 Å². The van der Waals surface area contributed by atoms with Gasteiger partial charge in [0.1, 0.15) is 0 Å². The molecule has 2 nitrogen and oxygen atoms in total. The molecule has 1 N–H and O–H groups in total. The van der Waals surface area contributed by atoms with Crippen LogP contribution in [0.5, 0.6) is 0 Å². The number of nitrogens with zero attached hydrogens (tertiary/aromatic N) is 1. The lowest BCUT2D eigenvalue weighted by atomic mass is 10.1. The zero-order chi connectivity index (χ0) is 7.99. The van der Waals surface area contributed by atoms with E-state index in [1.165, 1.54) is 5.06 Å². The van der Waals surface area contributed by atoms with E-state index >= 15 is 0 Å². The first kappa shape index (κ1) is 7.76. The highest BCUT2D eigenvalue weighted by Gasteiger charge is 2.39. The van der Waals surface area contributed by atoms with Crippen LogP contribution in [-0.4, -0.2) is 21.3 Å². The van der Waals surface area contributed by atoms with E-state index in [4.69, 9.17) is 0 Å². The summed E-state index contributed by atoms with van der Waals surface area (Å²) in [6.45, 7) is 7.76. The van der Waals surface area contributed by atoms with Gasteiger partial charge in [0.2, 0.25) is 0 Å². The molecule has 0 fully saturated rings. The van der Waals surface area contributed by atoms with Crippen LogP contribution in [0.2, 0.25) is 0 Å². The Labute approximate surface area is 62.1 Å². The van der Waals surface area contributed by atoms with Crippen molar-refractivity contribution < 1.29 is 5.21 Å². The largest absolute Gasteiger partial charge is 0.312 e. The van der Waals surface area contributed by atoms with Crippen molar-refractivity contribution in [2.75, 3.05) is 0 Å². The molecule has 0 amide bonds. The van der Waals surface area contributed by atoms with Crippen LogP contribution in [0, 0.1) is 6.08 Å². The molecule has 0 aromatic rings. The molecule has 1 heterocycles. The summed E-state index contributed by atoms with van der Waals surface area (Å²) >= 11 is 0. The molecular weight excluding hydrogens is 126 g/mol. The van der Waals surface area contributed by atoms with Gasteiger partial charge in [-0.05, 0) is 33.8 Å². The van der Waals surface area contributed by atoms with Gasteiger partial charge >= 0.3 is 0 Å². The van der Waals surface area contributed by atoms with Crippen molar-refractivity contribution >= 4 is 0 Å². The summed E-state index contributed by atoms with van der Waals surface area (Å²) in [5, 5.41) is 10.8. The Kier molecular flexibility index (Phi) is 1.42. The first-order valence-electron chi connectivity index (χ1n) is 3.47. The van der Waals surface area contributed by atoms with Crippen LogP contribution in [0.15, 0.2) is 6.08 Å². The molecule has 0 aromatic carbocycles. The van der Waals surface area contributed by atoms with E-state index in [9.17, 15) is 5.21 Å². The topological polar surface area (TPSA) is 23.5 Å². The smallest absolute Gasteiger partial charge is 0.0663 e. The maximum Gasteiger partial charge on any atom is 0.0663 e. The monoisotopic (exact) mass is 140 g/mol. The minimum Gasteiger partial charge on any atom is -0.312 e. The maximum atomic E-state index is 9.52. The average Bonchev–Trinajstić information content (AvgIpc) is 1.95. The van der Waals surface area contributed by atoms with Crippen LogP contribution in [0.3, 0.4) is 0 Å². The summed E-state index contributed by atoms with van der Waals surface area (Å²) in [4.78, 5) is 0. The van der Waals surface area contributed by atoms with Gasteiger partial charge in [-0.25, -0.2) is 0 Å². The number of rotatable bonds is 0. The Hall–Kier alpha value is -0.340. The second-order valence-corrected chi connectivity index (χ2v) is 3.81. The molecule has 0 spiro atoms. The summed E-state index contributed by atoms with van der Waals surface area (Å²) < 4.78 is 0. The van der Waals surface area contributed by atoms with Crippen LogP contribution in [0.4, 0.5) is 0 Å². The molecule has 2 heteroatoms. The van der Waals surface area contributed by atoms with Crippen LogP contribution >= 0.6 is 0 Å². The van der Waals surface area contributed by atoms with E-state index < -0.39 is 0 Å². The minimum absolute atomic E-state index is 0.260. The fourth-order valence-electron chi connectivity index (χ4n) is 1.20. The molecule has 0 saturated carbocycles. The van der Waals surface area contributed by atoms with E-state index in [2.05, 4.69) is 6.08 Å². The minimum atomic E-state index is -0.330. The Morgan fingerprint density at radius 2 is 1.80 bits per heavy atom. The molecule has 0 saturated heterocycles. The van der Waals surface area contributed by atoms with E-state index in [-0.39, 0.29) is 11.1 Å². The van der Waals surface area contributed by atoms with E-state index in [1.54, 1.807) is 0 Å². The zero-order valence-electron chi connectivity index (χ0n) is 6.97. The van der Waals surface area contributed by atoms with Crippen molar-refractivity contribution in [1.29, 1.82) is 0 Å². The van der Waals surface area contributed by atoms with Gasteiger partial charge in [0.05, 0.1) is 11.1 Å². The Bertz CT molecular complexity index is 152. The lowest BCUT2D eigenvalue weighted by Crippen LogP contribution is -2.46. The highest BCUT2D eigenvalue weighted by molar-refractivity contribution is 5.13. The molecule has 0 aliphatic carbocycles. The van der Waals surface area contributed by atoms with Crippen molar-refractivity contribution in [3.05, 3.63) is 12.2 Å². The first-order valence-corrected chi connectivity index (χ1v) is 3.47. The van der Waals surface area contributed by atoms with Gasteiger partial charge in [-0.1, -0.05) is 6.08 Å². The Morgan fingerprint density at radius 3 is 1.90 bits per heavy atom. The predicted molar refractivity (Wildman–Crippen MR) is 39.6 cm³/mol. The number of hydroxylamine groups is 2. The molecule has 1 rings (SSSR count). The second-order valence-electron chi connectivity index (χ2n) is 3.81. The lowest BCUT2D eigenvalue weighted by molar-refractivity contribution is -0.184. The van der Waals surface area contributed by atoms with Crippen molar-refractivity contribution in [1.82, 2.24) is 5.06 Å². The van der Waals surface area contributed by atoms with E-state index in [0.717, 1.165) is 0 Å². The fourth-order valence-corrected chi connectivity index (χ4v) is 1.20. The molecule has 1 radical (unpaired) electrons. The summed E-state index contributed by atoms with van der Waals surface area (Å²) in [7, 11) is 0. The summed E-state index contributed by atoms with van der Waals surface area (Å²) in [5.41, 5.74) is -0.590. The summed E-state index contributed by atoms with van der Waals surface area (Å²) in [6.07, 6.45) is 4.98. The third-order valence-corrected chi connectivity index (χ3v) is 1.85. The normalized spacial score (nSPS) is 29.3. The Morgan fingerprint density at radius 1 is 1.30 bits per heavy atom. The van der Waals surface area contributed by atoms with Gasteiger partial charge in [-0.15, -0.1) is 0 Å². The fraction of sp³-hybridized carbons (Fsp3) is 0.750. The van der Waals surface area contributed by atoms with Crippen LogP contribution in [0.25, 0.3) is 0 Å². The van der Waals surface area contributed by atoms with Crippen molar-refractivity contribution in [2.24, 2.45) is 0 Å². The van der Waals surface area contributed by atoms with Crippen LogP contribution in [0.1, 0.15) is 27.7 Å². The van der Waals surface area contributed by atoms with E-state index in [1.807, 2.05) is 33.8 Å². The second kappa shape index (κ2) is 1.83. The van der Waals surface area contributed by atoms with Crippen LogP contribution in [-0.2, 0) is 0 Å². The third-order valence-electron chi connectivity index (χ3n) is 1.85. The molecular formula is C8H14NO. The highest BCUT2D eigenvalue weighted by atomic mass is 16.5.